The third kappa shape index (κ3) is 5.33. The molecule has 4 heteroatoms. The molecule has 59 heavy (non-hydrogen) atoms. The Morgan fingerprint density at radius 1 is 0.339 bits per heavy atom. The standard InChI is InChI=1S/C55H37N3Si/c56-38-40-17-7-8-22-45(40)39-31-33-43(34-32-39)59(41-18-3-1-4-19-41,42-20-5-2-6-21-42)44-35-36-54(57-50-27-13-9-23-46(50)47-24-10-14-28-51(47)57)55(37-44)58-52-29-15-11-25-48(52)49-26-12-16-30-53(49)58/h1-37H. The van der Waals surface area contributed by atoms with Gasteiger partial charge in [-0.05, 0) is 74.3 Å². The molecule has 0 spiro atoms. The Hall–Kier alpha value is -7.71. The molecule has 0 saturated heterocycles. The Morgan fingerprint density at radius 3 is 1.22 bits per heavy atom. The number of hydrogen-bond acceptors (Lipinski definition) is 1. The van der Waals surface area contributed by atoms with E-state index in [0.717, 1.165) is 22.5 Å². The minimum Gasteiger partial charge on any atom is -0.307 e. The Bertz CT molecular complexity index is 3240. The summed E-state index contributed by atoms with van der Waals surface area (Å²) < 4.78 is 4.95. The Kier molecular flexibility index (Phi) is 8.21. The second-order valence-corrected chi connectivity index (χ2v) is 19.0. The molecule has 3 nitrogen and oxygen atoms in total. The molecule has 11 rings (SSSR count). The molecule has 0 aliphatic carbocycles. The quantitative estimate of drug-likeness (QED) is 0.117. The minimum atomic E-state index is -3.03. The van der Waals surface area contributed by atoms with Crippen molar-refractivity contribution in [3.63, 3.8) is 0 Å². The number of aromatic nitrogens is 2. The lowest BCUT2D eigenvalue weighted by Gasteiger charge is -2.35. The molecule has 0 fully saturated rings. The Labute approximate surface area is 343 Å². The van der Waals surface area contributed by atoms with E-state index in [2.05, 4.69) is 215 Å². The van der Waals surface area contributed by atoms with Gasteiger partial charge in [-0.2, -0.15) is 5.26 Å². The molecule has 0 aliphatic rings. The van der Waals surface area contributed by atoms with Crippen LogP contribution in [0, 0.1) is 11.3 Å². The smallest absolute Gasteiger partial charge is 0.179 e. The summed E-state index contributed by atoms with van der Waals surface area (Å²) in [5, 5.41) is 20.1. The van der Waals surface area contributed by atoms with Crippen molar-refractivity contribution in [3.8, 4) is 28.6 Å². The third-order valence-corrected chi connectivity index (χ3v) is 16.9. The molecule has 9 aromatic carbocycles. The number of hydrogen-bond donors (Lipinski definition) is 0. The highest BCUT2D eigenvalue weighted by molar-refractivity contribution is 7.19. The van der Waals surface area contributed by atoms with Gasteiger partial charge in [0.15, 0.2) is 8.07 Å². The molecule has 11 aromatic rings. The fraction of sp³-hybridized carbons (Fsp3) is 0. The Morgan fingerprint density at radius 2 is 0.729 bits per heavy atom. The summed E-state index contributed by atoms with van der Waals surface area (Å²) in [4.78, 5) is 0. The van der Waals surface area contributed by atoms with Gasteiger partial charge < -0.3 is 9.13 Å². The van der Waals surface area contributed by atoms with E-state index in [1.807, 2.05) is 24.3 Å². The molecule has 0 bridgehead atoms. The lowest BCUT2D eigenvalue weighted by Crippen LogP contribution is -2.74. The molecule has 0 unspecified atom stereocenters. The summed E-state index contributed by atoms with van der Waals surface area (Å²) in [6.07, 6.45) is 0. The number of rotatable bonds is 7. The van der Waals surface area contributed by atoms with Crippen molar-refractivity contribution in [1.29, 1.82) is 5.26 Å². The summed E-state index contributed by atoms with van der Waals surface area (Å²) in [6.45, 7) is 0. The molecular formula is C55H37N3Si. The summed E-state index contributed by atoms with van der Waals surface area (Å²) >= 11 is 0. The molecular weight excluding hydrogens is 731 g/mol. The zero-order valence-electron chi connectivity index (χ0n) is 32.2. The van der Waals surface area contributed by atoms with Crippen LogP contribution in [-0.2, 0) is 0 Å². The van der Waals surface area contributed by atoms with Gasteiger partial charge in [-0.3, -0.25) is 0 Å². The van der Waals surface area contributed by atoms with Crippen molar-refractivity contribution in [2.24, 2.45) is 0 Å². The van der Waals surface area contributed by atoms with Crippen molar-refractivity contribution in [2.75, 3.05) is 0 Å². The van der Waals surface area contributed by atoms with E-state index in [1.54, 1.807) is 0 Å². The van der Waals surface area contributed by atoms with Gasteiger partial charge in [0.2, 0.25) is 0 Å². The number of nitrogens with zero attached hydrogens (tertiary/aromatic N) is 3. The lowest BCUT2D eigenvalue weighted by molar-refractivity contribution is 1.10. The molecule has 2 aromatic heterocycles. The normalized spacial score (nSPS) is 11.7. The van der Waals surface area contributed by atoms with Crippen LogP contribution in [0.25, 0.3) is 66.1 Å². The van der Waals surface area contributed by atoms with Gasteiger partial charge in [0.25, 0.3) is 0 Å². The van der Waals surface area contributed by atoms with Crippen molar-refractivity contribution in [3.05, 3.63) is 230 Å². The van der Waals surface area contributed by atoms with E-state index >= 15 is 0 Å². The minimum absolute atomic E-state index is 0.673. The molecule has 276 valence electrons. The van der Waals surface area contributed by atoms with Gasteiger partial charge in [0.05, 0.1) is 45.1 Å². The van der Waals surface area contributed by atoms with Crippen LogP contribution >= 0.6 is 0 Å². The predicted octanol–water partition coefficient (Wildman–Crippen LogP) is 10.8. The molecule has 0 aliphatic heterocycles. The second-order valence-electron chi connectivity index (χ2n) is 15.2. The van der Waals surface area contributed by atoms with Crippen LogP contribution in [0.1, 0.15) is 5.56 Å². The molecule has 0 saturated carbocycles. The van der Waals surface area contributed by atoms with E-state index < -0.39 is 8.07 Å². The maximum Gasteiger partial charge on any atom is 0.179 e. The van der Waals surface area contributed by atoms with Crippen molar-refractivity contribution >= 4 is 72.4 Å². The topological polar surface area (TPSA) is 33.6 Å². The SMILES string of the molecule is N#Cc1ccccc1-c1ccc([Si](c2ccccc2)(c2ccccc2)c2ccc(-n3c4ccccc4c4ccccc43)c(-n3c4ccccc4c4ccccc43)c2)cc1. The second kappa shape index (κ2) is 14.0. The van der Waals surface area contributed by atoms with Gasteiger partial charge in [-0.15, -0.1) is 0 Å². The maximum absolute atomic E-state index is 10.0. The van der Waals surface area contributed by atoms with Gasteiger partial charge in [0.1, 0.15) is 0 Å². The fourth-order valence-electron chi connectivity index (χ4n) is 9.60. The first-order chi connectivity index (χ1) is 29.3. The number of fused-ring (bicyclic) bond motifs is 6. The van der Waals surface area contributed by atoms with Crippen LogP contribution in [0.15, 0.2) is 224 Å². The van der Waals surface area contributed by atoms with E-state index in [4.69, 9.17) is 0 Å². The molecule has 2 heterocycles. The summed E-state index contributed by atoms with van der Waals surface area (Å²) in [6, 6.07) is 84.0. The van der Waals surface area contributed by atoms with E-state index in [-0.39, 0.29) is 0 Å². The van der Waals surface area contributed by atoms with Gasteiger partial charge >= 0.3 is 0 Å². The van der Waals surface area contributed by atoms with Gasteiger partial charge in [-0.25, -0.2) is 0 Å². The van der Waals surface area contributed by atoms with Crippen molar-refractivity contribution < 1.29 is 0 Å². The summed E-state index contributed by atoms with van der Waals surface area (Å²) in [5.74, 6) is 0. The van der Waals surface area contributed by atoms with Crippen LogP contribution in [0.2, 0.25) is 0 Å². The predicted molar refractivity (Wildman–Crippen MR) is 249 cm³/mol. The van der Waals surface area contributed by atoms with Crippen LogP contribution < -0.4 is 20.7 Å². The lowest BCUT2D eigenvalue weighted by atomic mass is 10.0. The third-order valence-electron chi connectivity index (χ3n) is 12.1. The first-order valence-electron chi connectivity index (χ1n) is 20.1. The summed E-state index contributed by atoms with van der Waals surface area (Å²) in [5.41, 5.74) is 9.56. The summed E-state index contributed by atoms with van der Waals surface area (Å²) in [7, 11) is -3.03. The fourth-order valence-corrected chi connectivity index (χ4v) is 14.3. The zero-order valence-corrected chi connectivity index (χ0v) is 33.2. The maximum atomic E-state index is 10.0. The van der Waals surface area contributed by atoms with E-state index in [1.165, 1.54) is 64.4 Å². The molecule has 0 radical (unpaired) electrons. The largest absolute Gasteiger partial charge is 0.307 e. The highest BCUT2D eigenvalue weighted by Gasteiger charge is 2.42. The highest BCUT2D eigenvalue weighted by Crippen LogP contribution is 2.38. The first kappa shape index (κ1) is 34.5. The van der Waals surface area contributed by atoms with Crippen molar-refractivity contribution in [2.45, 2.75) is 0 Å². The average molecular weight is 768 g/mol. The van der Waals surface area contributed by atoms with Crippen LogP contribution in [-0.4, -0.2) is 17.2 Å². The monoisotopic (exact) mass is 767 g/mol. The zero-order chi connectivity index (χ0) is 39.3. The van der Waals surface area contributed by atoms with Crippen LogP contribution in [0.5, 0.6) is 0 Å². The van der Waals surface area contributed by atoms with E-state index in [9.17, 15) is 5.26 Å². The van der Waals surface area contributed by atoms with Gasteiger partial charge in [-0.1, -0.05) is 182 Å². The van der Waals surface area contributed by atoms with Gasteiger partial charge in [0, 0.05) is 21.5 Å². The van der Waals surface area contributed by atoms with Crippen LogP contribution in [0.4, 0.5) is 0 Å². The van der Waals surface area contributed by atoms with Crippen LogP contribution in [0.3, 0.4) is 0 Å². The van der Waals surface area contributed by atoms with E-state index in [0.29, 0.717) is 5.56 Å². The highest BCUT2D eigenvalue weighted by atomic mass is 28.3. The number of benzene rings is 9. The molecule has 0 N–H and O–H groups in total. The molecule has 0 atom stereocenters. The first-order valence-corrected chi connectivity index (χ1v) is 22.1. The number of para-hydroxylation sites is 4. The Balaban J connectivity index is 1.27. The van der Waals surface area contributed by atoms with Crippen molar-refractivity contribution in [1.82, 2.24) is 9.13 Å². The molecule has 0 amide bonds. The average Bonchev–Trinajstić information content (AvgIpc) is 3.83. The number of nitriles is 1.